The molecule has 0 saturated heterocycles. The molecule has 0 amide bonds. The van der Waals surface area contributed by atoms with Crippen LogP contribution in [0.3, 0.4) is 0 Å². The molecule has 3 nitrogen and oxygen atoms in total. The summed E-state index contributed by atoms with van der Waals surface area (Å²) in [6.07, 6.45) is 6.94. The SMILES string of the molecule is CCOC1CC(NCCS(=O)CC)C12CCCC2. The highest BCUT2D eigenvalue weighted by molar-refractivity contribution is 7.84. The molecule has 0 aromatic heterocycles. The highest BCUT2D eigenvalue weighted by Crippen LogP contribution is 2.54. The average molecular weight is 273 g/mol. The van der Waals surface area contributed by atoms with Gasteiger partial charge in [-0.3, -0.25) is 4.21 Å². The normalized spacial score (nSPS) is 31.4. The fourth-order valence-electron chi connectivity index (χ4n) is 3.66. The van der Waals surface area contributed by atoms with Crippen LogP contribution in [0.1, 0.15) is 46.0 Å². The third kappa shape index (κ3) is 2.81. The fraction of sp³-hybridized carbons (Fsp3) is 1.00. The summed E-state index contributed by atoms with van der Waals surface area (Å²) in [5.74, 6) is 1.57. The van der Waals surface area contributed by atoms with Gasteiger partial charge in [-0.1, -0.05) is 19.8 Å². The van der Waals surface area contributed by atoms with Crippen LogP contribution in [0.15, 0.2) is 0 Å². The highest BCUT2D eigenvalue weighted by Gasteiger charge is 2.56. The van der Waals surface area contributed by atoms with Gasteiger partial charge in [0, 0.05) is 46.9 Å². The van der Waals surface area contributed by atoms with Crippen molar-refractivity contribution < 1.29 is 8.95 Å². The van der Waals surface area contributed by atoms with Crippen molar-refractivity contribution in [3.05, 3.63) is 0 Å². The minimum Gasteiger partial charge on any atom is -0.378 e. The third-order valence-corrected chi connectivity index (χ3v) is 6.03. The average Bonchev–Trinajstić information content (AvgIpc) is 2.88. The molecule has 2 aliphatic rings. The Morgan fingerprint density at radius 1 is 1.33 bits per heavy atom. The molecular formula is C14H27NO2S. The maximum absolute atomic E-state index is 11.4. The molecule has 0 aliphatic heterocycles. The van der Waals surface area contributed by atoms with E-state index in [2.05, 4.69) is 12.2 Å². The molecule has 0 aromatic carbocycles. The van der Waals surface area contributed by atoms with Crippen molar-refractivity contribution in [2.24, 2.45) is 5.41 Å². The third-order valence-electron chi connectivity index (χ3n) is 4.73. The van der Waals surface area contributed by atoms with Crippen LogP contribution in [0.2, 0.25) is 0 Å². The minimum atomic E-state index is -0.640. The van der Waals surface area contributed by atoms with Crippen LogP contribution in [-0.2, 0) is 15.5 Å². The predicted molar refractivity (Wildman–Crippen MR) is 76.3 cm³/mol. The minimum absolute atomic E-state index is 0.406. The molecular weight excluding hydrogens is 246 g/mol. The highest BCUT2D eigenvalue weighted by atomic mass is 32.2. The molecule has 1 N–H and O–H groups in total. The van der Waals surface area contributed by atoms with E-state index >= 15 is 0 Å². The quantitative estimate of drug-likeness (QED) is 0.772. The number of nitrogens with one attached hydrogen (secondary N) is 1. The Kier molecular flexibility index (Phi) is 5.22. The first-order valence-electron chi connectivity index (χ1n) is 7.43. The summed E-state index contributed by atoms with van der Waals surface area (Å²) in [7, 11) is -0.640. The molecule has 106 valence electrons. The van der Waals surface area contributed by atoms with E-state index in [0.29, 0.717) is 17.6 Å². The molecule has 0 aromatic rings. The Labute approximate surface area is 114 Å². The molecule has 2 saturated carbocycles. The van der Waals surface area contributed by atoms with E-state index in [-0.39, 0.29) is 0 Å². The van der Waals surface area contributed by atoms with Crippen LogP contribution in [0.5, 0.6) is 0 Å². The lowest BCUT2D eigenvalue weighted by Crippen LogP contribution is -2.63. The lowest BCUT2D eigenvalue weighted by atomic mass is 9.60. The molecule has 0 heterocycles. The lowest BCUT2D eigenvalue weighted by Gasteiger charge is -2.54. The maximum Gasteiger partial charge on any atom is 0.0661 e. The van der Waals surface area contributed by atoms with Gasteiger partial charge in [0.15, 0.2) is 0 Å². The number of rotatable bonds is 7. The molecule has 0 radical (unpaired) electrons. The molecule has 1 spiro atoms. The van der Waals surface area contributed by atoms with E-state index in [4.69, 9.17) is 4.74 Å². The van der Waals surface area contributed by atoms with E-state index in [1.54, 1.807) is 0 Å². The van der Waals surface area contributed by atoms with E-state index < -0.39 is 10.8 Å². The zero-order chi connectivity index (χ0) is 13.0. The molecule has 18 heavy (non-hydrogen) atoms. The summed E-state index contributed by atoms with van der Waals surface area (Å²) in [4.78, 5) is 0. The molecule has 2 aliphatic carbocycles. The first-order chi connectivity index (χ1) is 8.73. The van der Waals surface area contributed by atoms with E-state index in [0.717, 1.165) is 31.1 Å². The van der Waals surface area contributed by atoms with E-state index in [1.165, 1.54) is 25.7 Å². The molecule has 3 atom stereocenters. The van der Waals surface area contributed by atoms with Crippen LogP contribution >= 0.6 is 0 Å². The zero-order valence-electron chi connectivity index (χ0n) is 11.7. The fourth-order valence-corrected chi connectivity index (χ4v) is 4.30. The maximum atomic E-state index is 11.4. The van der Waals surface area contributed by atoms with Crippen LogP contribution < -0.4 is 5.32 Å². The largest absolute Gasteiger partial charge is 0.378 e. The monoisotopic (exact) mass is 273 g/mol. The molecule has 3 unspecified atom stereocenters. The van der Waals surface area contributed by atoms with Crippen molar-refractivity contribution >= 4 is 10.8 Å². The summed E-state index contributed by atoms with van der Waals surface area (Å²) < 4.78 is 17.3. The number of ether oxygens (including phenoxy) is 1. The summed E-state index contributed by atoms with van der Waals surface area (Å²) in [6.45, 7) is 5.81. The van der Waals surface area contributed by atoms with Crippen molar-refractivity contribution in [1.29, 1.82) is 0 Å². The number of hydrogen-bond acceptors (Lipinski definition) is 3. The topological polar surface area (TPSA) is 38.3 Å². The smallest absolute Gasteiger partial charge is 0.0661 e. The molecule has 4 heteroatoms. The standard InChI is InChI=1S/C14H27NO2S/c1-3-17-13-11-12(14(13)7-5-6-8-14)15-9-10-18(16)4-2/h12-13,15H,3-11H2,1-2H3. The molecule has 2 rings (SSSR count). The van der Waals surface area contributed by atoms with Gasteiger partial charge < -0.3 is 10.1 Å². The van der Waals surface area contributed by atoms with Crippen molar-refractivity contribution in [1.82, 2.24) is 5.32 Å². The van der Waals surface area contributed by atoms with Gasteiger partial charge in [0.05, 0.1) is 6.10 Å². The van der Waals surface area contributed by atoms with Crippen LogP contribution in [-0.4, -0.2) is 41.0 Å². The second-order valence-electron chi connectivity index (χ2n) is 5.56. The van der Waals surface area contributed by atoms with Gasteiger partial charge in [-0.2, -0.15) is 0 Å². The van der Waals surface area contributed by atoms with E-state index in [1.807, 2.05) is 6.92 Å². The predicted octanol–water partition coefficient (Wildman–Crippen LogP) is 2.08. The second-order valence-corrected chi connectivity index (χ2v) is 7.42. The Bertz CT molecular complexity index is 290. The summed E-state index contributed by atoms with van der Waals surface area (Å²) >= 11 is 0. The Morgan fingerprint density at radius 2 is 2.06 bits per heavy atom. The first kappa shape index (κ1) is 14.5. The van der Waals surface area contributed by atoms with Gasteiger partial charge in [-0.25, -0.2) is 0 Å². The van der Waals surface area contributed by atoms with Crippen LogP contribution in [0.25, 0.3) is 0 Å². The van der Waals surface area contributed by atoms with Crippen LogP contribution in [0.4, 0.5) is 0 Å². The van der Waals surface area contributed by atoms with Gasteiger partial charge in [0.2, 0.25) is 0 Å². The Hall–Kier alpha value is 0.0700. The van der Waals surface area contributed by atoms with Gasteiger partial charge in [-0.05, 0) is 26.2 Å². The van der Waals surface area contributed by atoms with Gasteiger partial charge in [0.1, 0.15) is 0 Å². The van der Waals surface area contributed by atoms with Crippen molar-refractivity contribution in [2.45, 2.75) is 58.1 Å². The zero-order valence-corrected chi connectivity index (χ0v) is 12.6. The Balaban J connectivity index is 1.81. The summed E-state index contributed by atoms with van der Waals surface area (Å²) in [5, 5.41) is 3.63. The number of hydrogen-bond donors (Lipinski definition) is 1. The van der Waals surface area contributed by atoms with Crippen molar-refractivity contribution in [3.8, 4) is 0 Å². The molecule has 0 bridgehead atoms. The second kappa shape index (κ2) is 6.49. The molecule has 2 fully saturated rings. The summed E-state index contributed by atoms with van der Waals surface area (Å²) in [6, 6.07) is 0.602. The first-order valence-corrected chi connectivity index (χ1v) is 8.91. The van der Waals surface area contributed by atoms with E-state index in [9.17, 15) is 4.21 Å². The van der Waals surface area contributed by atoms with Crippen molar-refractivity contribution in [3.63, 3.8) is 0 Å². The van der Waals surface area contributed by atoms with Crippen LogP contribution in [0, 0.1) is 5.41 Å². The van der Waals surface area contributed by atoms with Crippen molar-refractivity contribution in [2.75, 3.05) is 24.7 Å². The van der Waals surface area contributed by atoms with Gasteiger partial charge >= 0.3 is 0 Å². The Morgan fingerprint density at radius 3 is 2.67 bits per heavy atom. The lowest BCUT2D eigenvalue weighted by molar-refractivity contribution is -0.129. The summed E-state index contributed by atoms with van der Waals surface area (Å²) in [5.41, 5.74) is 0.406. The van der Waals surface area contributed by atoms with Gasteiger partial charge in [0.25, 0.3) is 0 Å². The van der Waals surface area contributed by atoms with Gasteiger partial charge in [-0.15, -0.1) is 0 Å².